The van der Waals surface area contributed by atoms with Crippen LogP contribution in [0.5, 0.6) is 0 Å². The highest BCUT2D eigenvalue weighted by molar-refractivity contribution is 8.14. The van der Waals surface area contributed by atoms with Crippen LogP contribution in [0.3, 0.4) is 0 Å². The number of aliphatic carboxylic acids is 1. The minimum atomic E-state index is -0.975. The lowest BCUT2D eigenvalue weighted by Gasteiger charge is -2.01. The van der Waals surface area contributed by atoms with E-state index in [1.807, 2.05) is 19.1 Å². The Morgan fingerprint density at radius 1 is 1.36 bits per heavy atom. The summed E-state index contributed by atoms with van der Waals surface area (Å²) in [6.07, 6.45) is 0. The fourth-order valence-corrected chi connectivity index (χ4v) is 1.65. The van der Waals surface area contributed by atoms with Crippen LogP contribution in [0.4, 0.5) is 0 Å². The summed E-state index contributed by atoms with van der Waals surface area (Å²) in [5.74, 6) is -1.16. The van der Waals surface area contributed by atoms with Crippen LogP contribution in [0.2, 0.25) is 0 Å². The molecule has 0 radical (unpaired) electrons. The first-order valence-electron chi connectivity index (χ1n) is 4.06. The van der Waals surface area contributed by atoms with Gasteiger partial charge in [-0.05, 0) is 12.5 Å². The molecule has 1 aromatic rings. The molecular formula is C10H10O3S. The highest BCUT2D eigenvalue weighted by Gasteiger charge is 2.10. The summed E-state index contributed by atoms with van der Waals surface area (Å²) in [4.78, 5) is 21.7. The lowest BCUT2D eigenvalue weighted by atomic mass is 10.1. The van der Waals surface area contributed by atoms with Gasteiger partial charge >= 0.3 is 5.97 Å². The fraction of sp³-hybridized carbons (Fsp3) is 0.200. The van der Waals surface area contributed by atoms with Crippen LogP contribution in [0.15, 0.2) is 24.3 Å². The summed E-state index contributed by atoms with van der Waals surface area (Å²) in [6, 6.07) is 7.14. The predicted molar refractivity (Wildman–Crippen MR) is 55.6 cm³/mol. The summed E-state index contributed by atoms with van der Waals surface area (Å²) in [7, 11) is 0. The van der Waals surface area contributed by atoms with Crippen LogP contribution in [0.1, 0.15) is 15.9 Å². The second-order valence-electron chi connectivity index (χ2n) is 2.78. The molecule has 1 N–H and O–H groups in total. The Labute approximate surface area is 86.1 Å². The molecule has 0 unspecified atom stereocenters. The lowest BCUT2D eigenvalue weighted by Crippen LogP contribution is -2.04. The third kappa shape index (κ3) is 2.88. The summed E-state index contributed by atoms with van der Waals surface area (Å²) in [5, 5.41) is 8.22. The Morgan fingerprint density at radius 2 is 2.00 bits per heavy atom. The summed E-state index contributed by atoms with van der Waals surface area (Å²) < 4.78 is 0. The maximum atomic E-state index is 11.5. The first kappa shape index (κ1) is 10.8. The molecule has 0 fully saturated rings. The summed E-state index contributed by atoms with van der Waals surface area (Å²) >= 11 is 0.813. The third-order valence-electron chi connectivity index (χ3n) is 1.69. The number of benzene rings is 1. The molecule has 0 bridgehead atoms. The molecule has 0 heterocycles. The number of hydrogen-bond donors (Lipinski definition) is 1. The monoisotopic (exact) mass is 210 g/mol. The second kappa shape index (κ2) is 4.81. The van der Waals surface area contributed by atoms with Gasteiger partial charge in [-0.3, -0.25) is 9.59 Å². The van der Waals surface area contributed by atoms with E-state index < -0.39 is 5.97 Å². The van der Waals surface area contributed by atoms with E-state index in [-0.39, 0.29) is 10.9 Å². The molecule has 4 heteroatoms. The quantitative estimate of drug-likeness (QED) is 0.828. The van der Waals surface area contributed by atoms with E-state index in [2.05, 4.69) is 0 Å². The molecule has 0 spiro atoms. The smallest absolute Gasteiger partial charge is 0.313 e. The minimum absolute atomic E-state index is 0.187. The van der Waals surface area contributed by atoms with Gasteiger partial charge in [-0.25, -0.2) is 0 Å². The zero-order chi connectivity index (χ0) is 10.6. The van der Waals surface area contributed by atoms with Gasteiger partial charge in [0.05, 0.1) is 5.75 Å². The molecule has 0 saturated carbocycles. The van der Waals surface area contributed by atoms with E-state index in [1.54, 1.807) is 12.1 Å². The van der Waals surface area contributed by atoms with E-state index in [0.717, 1.165) is 17.3 Å². The molecule has 0 aliphatic rings. The second-order valence-corrected chi connectivity index (χ2v) is 3.73. The van der Waals surface area contributed by atoms with Crippen molar-refractivity contribution >= 4 is 22.8 Å². The number of thioether (sulfide) groups is 1. The molecule has 0 aliphatic carbocycles. The number of rotatable bonds is 3. The topological polar surface area (TPSA) is 54.4 Å². The maximum Gasteiger partial charge on any atom is 0.313 e. The molecule has 0 saturated heterocycles. The molecule has 0 atom stereocenters. The van der Waals surface area contributed by atoms with Gasteiger partial charge in [0.15, 0.2) is 0 Å². The van der Waals surface area contributed by atoms with Crippen molar-refractivity contribution in [2.24, 2.45) is 0 Å². The highest BCUT2D eigenvalue weighted by Crippen LogP contribution is 2.15. The van der Waals surface area contributed by atoms with Gasteiger partial charge in [0.1, 0.15) is 0 Å². The number of carboxylic acids is 1. The van der Waals surface area contributed by atoms with Crippen LogP contribution in [-0.4, -0.2) is 21.9 Å². The largest absolute Gasteiger partial charge is 0.481 e. The highest BCUT2D eigenvalue weighted by atomic mass is 32.2. The molecular weight excluding hydrogens is 200 g/mol. The molecule has 0 amide bonds. The Balaban J connectivity index is 2.70. The zero-order valence-corrected chi connectivity index (χ0v) is 8.50. The van der Waals surface area contributed by atoms with Gasteiger partial charge in [-0.15, -0.1) is 0 Å². The van der Waals surface area contributed by atoms with Crippen molar-refractivity contribution in [1.82, 2.24) is 0 Å². The number of carbonyl (C=O) groups is 2. The van der Waals surface area contributed by atoms with Crippen molar-refractivity contribution in [1.29, 1.82) is 0 Å². The average Bonchev–Trinajstić information content (AvgIpc) is 2.15. The Kier molecular flexibility index (Phi) is 3.71. The van der Waals surface area contributed by atoms with Gasteiger partial charge in [-0.1, -0.05) is 36.0 Å². The van der Waals surface area contributed by atoms with Gasteiger partial charge in [-0.2, -0.15) is 0 Å². The molecule has 1 aromatic carbocycles. The molecule has 1 rings (SSSR count). The molecule has 74 valence electrons. The zero-order valence-electron chi connectivity index (χ0n) is 7.69. The van der Waals surface area contributed by atoms with E-state index >= 15 is 0 Å². The van der Waals surface area contributed by atoms with Crippen LogP contribution in [-0.2, 0) is 4.79 Å². The van der Waals surface area contributed by atoms with Crippen LogP contribution in [0.25, 0.3) is 0 Å². The van der Waals surface area contributed by atoms with E-state index in [4.69, 9.17) is 5.11 Å². The SMILES string of the molecule is Cc1ccccc1C(=O)SCC(=O)O. The molecule has 0 aromatic heterocycles. The van der Waals surface area contributed by atoms with Gasteiger partial charge in [0.2, 0.25) is 5.12 Å². The Bertz CT molecular complexity index is 360. The molecule has 0 aliphatic heterocycles. The first-order chi connectivity index (χ1) is 6.61. The number of aryl methyl sites for hydroxylation is 1. The van der Waals surface area contributed by atoms with Crippen LogP contribution in [0, 0.1) is 6.92 Å². The van der Waals surface area contributed by atoms with E-state index in [9.17, 15) is 9.59 Å². The standard InChI is InChI=1S/C10H10O3S/c1-7-4-2-3-5-8(7)10(13)14-6-9(11)12/h2-5H,6H2,1H3,(H,11,12). The number of carboxylic acid groups (broad SMARTS) is 1. The molecule has 3 nitrogen and oxygen atoms in total. The van der Waals surface area contributed by atoms with Crippen molar-refractivity contribution in [3.05, 3.63) is 35.4 Å². The van der Waals surface area contributed by atoms with E-state index in [1.165, 1.54) is 0 Å². The van der Waals surface area contributed by atoms with E-state index in [0.29, 0.717) is 5.56 Å². The lowest BCUT2D eigenvalue weighted by molar-refractivity contribution is -0.133. The Morgan fingerprint density at radius 3 is 2.57 bits per heavy atom. The number of carbonyl (C=O) groups excluding carboxylic acids is 1. The van der Waals surface area contributed by atoms with Crippen molar-refractivity contribution in [3.8, 4) is 0 Å². The summed E-state index contributed by atoms with van der Waals surface area (Å²) in [6.45, 7) is 1.83. The van der Waals surface area contributed by atoms with Gasteiger partial charge < -0.3 is 5.11 Å². The van der Waals surface area contributed by atoms with Crippen LogP contribution < -0.4 is 0 Å². The fourth-order valence-electron chi connectivity index (χ4n) is 1.01. The third-order valence-corrected chi connectivity index (χ3v) is 2.57. The summed E-state index contributed by atoms with van der Waals surface area (Å²) in [5.41, 5.74) is 1.45. The normalized spacial score (nSPS) is 9.79. The van der Waals surface area contributed by atoms with Crippen molar-refractivity contribution in [3.63, 3.8) is 0 Å². The van der Waals surface area contributed by atoms with Gasteiger partial charge in [0.25, 0.3) is 0 Å². The average molecular weight is 210 g/mol. The minimum Gasteiger partial charge on any atom is -0.481 e. The first-order valence-corrected chi connectivity index (χ1v) is 5.04. The number of hydrogen-bond acceptors (Lipinski definition) is 3. The van der Waals surface area contributed by atoms with Crippen LogP contribution >= 0.6 is 11.8 Å². The predicted octanol–water partition coefficient (Wildman–Crippen LogP) is 1.95. The van der Waals surface area contributed by atoms with Crippen molar-refractivity contribution < 1.29 is 14.7 Å². The van der Waals surface area contributed by atoms with Crippen molar-refractivity contribution in [2.75, 3.05) is 5.75 Å². The Hall–Kier alpha value is -1.29. The van der Waals surface area contributed by atoms with Gasteiger partial charge in [0, 0.05) is 5.56 Å². The molecule has 14 heavy (non-hydrogen) atoms. The van der Waals surface area contributed by atoms with Crippen molar-refractivity contribution in [2.45, 2.75) is 6.92 Å². The maximum absolute atomic E-state index is 11.5.